The van der Waals surface area contributed by atoms with E-state index in [0.717, 1.165) is 19.6 Å². The van der Waals surface area contributed by atoms with E-state index in [1.807, 2.05) is 0 Å². The van der Waals surface area contributed by atoms with Crippen molar-refractivity contribution in [2.45, 2.75) is 19.4 Å². The minimum absolute atomic E-state index is 0.331. The molecule has 0 atom stereocenters. The SMILES string of the molecule is COCc1nc(NN)cc(OCCN2CCCC2)n1. The first kappa shape index (κ1) is 14.0. The summed E-state index contributed by atoms with van der Waals surface area (Å²) in [6.07, 6.45) is 2.57. The zero-order chi connectivity index (χ0) is 13.5. The van der Waals surface area contributed by atoms with E-state index in [2.05, 4.69) is 20.3 Å². The van der Waals surface area contributed by atoms with Gasteiger partial charge in [0.25, 0.3) is 0 Å². The molecule has 2 rings (SSSR count). The van der Waals surface area contributed by atoms with E-state index in [1.54, 1.807) is 13.2 Å². The fourth-order valence-corrected chi connectivity index (χ4v) is 2.10. The zero-order valence-corrected chi connectivity index (χ0v) is 11.3. The molecule has 1 fully saturated rings. The van der Waals surface area contributed by atoms with E-state index < -0.39 is 0 Å². The van der Waals surface area contributed by atoms with Crippen molar-refractivity contribution < 1.29 is 9.47 Å². The summed E-state index contributed by atoms with van der Waals surface area (Å²) in [4.78, 5) is 10.8. The molecular formula is C12H21N5O2. The summed E-state index contributed by atoms with van der Waals surface area (Å²) in [6.45, 7) is 4.20. The number of hydrogen-bond donors (Lipinski definition) is 2. The number of hydrazine groups is 1. The number of anilines is 1. The van der Waals surface area contributed by atoms with Crippen molar-refractivity contribution in [1.29, 1.82) is 0 Å². The molecule has 3 N–H and O–H groups in total. The lowest BCUT2D eigenvalue weighted by atomic mass is 10.4. The number of nitrogens with one attached hydrogen (secondary N) is 1. The number of hydrogen-bond acceptors (Lipinski definition) is 7. The number of aromatic nitrogens is 2. The summed E-state index contributed by atoms with van der Waals surface area (Å²) in [5.41, 5.74) is 2.50. The molecule has 0 radical (unpaired) electrons. The molecule has 0 spiro atoms. The van der Waals surface area contributed by atoms with Crippen molar-refractivity contribution in [2.24, 2.45) is 5.84 Å². The van der Waals surface area contributed by atoms with E-state index in [4.69, 9.17) is 15.3 Å². The highest BCUT2D eigenvalue weighted by Gasteiger charge is 2.11. The number of nitrogen functional groups attached to an aromatic ring is 1. The number of ether oxygens (including phenoxy) is 2. The van der Waals surface area contributed by atoms with Gasteiger partial charge in [0.2, 0.25) is 5.88 Å². The summed E-state index contributed by atoms with van der Waals surface area (Å²) < 4.78 is 10.7. The molecule has 1 aliphatic heterocycles. The molecule has 1 aromatic rings. The Labute approximate surface area is 113 Å². The predicted octanol–water partition coefficient (Wildman–Crippen LogP) is 0.383. The van der Waals surface area contributed by atoms with Crippen LogP contribution >= 0.6 is 0 Å². The molecule has 1 aromatic heterocycles. The third-order valence-corrected chi connectivity index (χ3v) is 3.03. The lowest BCUT2D eigenvalue weighted by Gasteiger charge is -2.15. The van der Waals surface area contributed by atoms with Crippen molar-refractivity contribution in [2.75, 3.05) is 38.8 Å². The summed E-state index contributed by atoms with van der Waals surface area (Å²) in [5, 5.41) is 0. The van der Waals surface area contributed by atoms with Crippen LogP contribution in [0.25, 0.3) is 0 Å². The summed E-state index contributed by atoms with van der Waals surface area (Å²) in [6, 6.07) is 1.68. The molecule has 1 aliphatic rings. The van der Waals surface area contributed by atoms with Crippen LogP contribution in [0.3, 0.4) is 0 Å². The van der Waals surface area contributed by atoms with Crippen molar-refractivity contribution in [3.63, 3.8) is 0 Å². The fourth-order valence-electron chi connectivity index (χ4n) is 2.10. The minimum atomic E-state index is 0.331. The average Bonchev–Trinajstić information content (AvgIpc) is 2.92. The largest absolute Gasteiger partial charge is 0.476 e. The molecule has 0 amide bonds. The minimum Gasteiger partial charge on any atom is -0.476 e. The topological polar surface area (TPSA) is 85.5 Å². The molecule has 2 heterocycles. The van der Waals surface area contributed by atoms with Gasteiger partial charge in [0, 0.05) is 19.7 Å². The molecule has 1 saturated heterocycles. The first-order valence-corrected chi connectivity index (χ1v) is 6.50. The Kier molecular flexibility index (Phi) is 5.31. The van der Waals surface area contributed by atoms with Crippen LogP contribution in [0.4, 0.5) is 5.82 Å². The van der Waals surface area contributed by atoms with Gasteiger partial charge in [0.1, 0.15) is 19.0 Å². The van der Waals surface area contributed by atoms with Crippen LogP contribution in [-0.2, 0) is 11.3 Å². The highest BCUT2D eigenvalue weighted by molar-refractivity contribution is 5.36. The van der Waals surface area contributed by atoms with Crippen LogP contribution < -0.4 is 16.0 Å². The summed E-state index contributed by atoms with van der Waals surface area (Å²) >= 11 is 0. The monoisotopic (exact) mass is 267 g/mol. The number of methoxy groups -OCH3 is 1. The van der Waals surface area contributed by atoms with Gasteiger partial charge < -0.3 is 14.9 Å². The predicted molar refractivity (Wildman–Crippen MR) is 71.7 cm³/mol. The van der Waals surface area contributed by atoms with Gasteiger partial charge in [-0.2, -0.15) is 4.98 Å². The molecule has 0 unspecified atom stereocenters. The van der Waals surface area contributed by atoms with E-state index in [0.29, 0.717) is 30.7 Å². The van der Waals surface area contributed by atoms with Crippen molar-refractivity contribution in [1.82, 2.24) is 14.9 Å². The Morgan fingerprint density at radius 2 is 2.16 bits per heavy atom. The number of nitrogens with zero attached hydrogens (tertiary/aromatic N) is 3. The van der Waals surface area contributed by atoms with Gasteiger partial charge in [-0.05, 0) is 25.9 Å². The second kappa shape index (κ2) is 7.22. The molecule has 0 saturated carbocycles. The highest BCUT2D eigenvalue weighted by Crippen LogP contribution is 2.14. The van der Waals surface area contributed by atoms with Gasteiger partial charge in [-0.25, -0.2) is 10.8 Å². The maximum absolute atomic E-state index is 5.65. The van der Waals surface area contributed by atoms with Gasteiger partial charge in [0.05, 0.1) is 0 Å². The number of nitrogens with two attached hydrogens (primary N) is 1. The molecule has 7 nitrogen and oxygen atoms in total. The summed E-state index contributed by atoms with van der Waals surface area (Å²) in [7, 11) is 1.60. The second-order valence-electron chi connectivity index (χ2n) is 4.48. The average molecular weight is 267 g/mol. The molecule has 106 valence electrons. The van der Waals surface area contributed by atoms with Crippen LogP contribution in [0.1, 0.15) is 18.7 Å². The van der Waals surface area contributed by atoms with Crippen molar-refractivity contribution >= 4 is 5.82 Å². The second-order valence-corrected chi connectivity index (χ2v) is 4.48. The smallest absolute Gasteiger partial charge is 0.218 e. The molecular weight excluding hydrogens is 246 g/mol. The lowest BCUT2D eigenvalue weighted by molar-refractivity contribution is 0.175. The third kappa shape index (κ3) is 4.30. The van der Waals surface area contributed by atoms with E-state index in [9.17, 15) is 0 Å². The third-order valence-electron chi connectivity index (χ3n) is 3.03. The quantitative estimate of drug-likeness (QED) is 0.545. The van der Waals surface area contributed by atoms with Crippen LogP contribution in [-0.4, -0.2) is 48.2 Å². The van der Waals surface area contributed by atoms with Gasteiger partial charge in [-0.1, -0.05) is 0 Å². The van der Waals surface area contributed by atoms with Crippen LogP contribution in [0.5, 0.6) is 5.88 Å². The van der Waals surface area contributed by atoms with Crippen LogP contribution in [0, 0.1) is 0 Å². The Morgan fingerprint density at radius 1 is 1.37 bits per heavy atom. The lowest BCUT2D eigenvalue weighted by Crippen LogP contribution is -2.25. The Hall–Kier alpha value is -1.44. The number of likely N-dealkylation sites (tertiary alicyclic amines) is 1. The van der Waals surface area contributed by atoms with Crippen LogP contribution in [0.2, 0.25) is 0 Å². The van der Waals surface area contributed by atoms with Gasteiger partial charge in [0.15, 0.2) is 5.82 Å². The highest BCUT2D eigenvalue weighted by atomic mass is 16.5. The fraction of sp³-hybridized carbons (Fsp3) is 0.667. The first-order chi connectivity index (χ1) is 9.31. The number of rotatable bonds is 7. The Bertz CT molecular complexity index is 396. The maximum Gasteiger partial charge on any atom is 0.218 e. The Balaban J connectivity index is 1.88. The molecule has 0 bridgehead atoms. The molecule has 0 aliphatic carbocycles. The standard InChI is InChI=1S/C12H21N5O2/c1-18-9-11-14-10(16-13)8-12(15-11)19-7-6-17-4-2-3-5-17/h8H,2-7,9,13H2,1H3,(H,14,15,16). The Morgan fingerprint density at radius 3 is 2.84 bits per heavy atom. The van der Waals surface area contributed by atoms with E-state index in [1.165, 1.54) is 12.8 Å². The maximum atomic E-state index is 5.65. The van der Waals surface area contributed by atoms with Crippen LogP contribution in [0.15, 0.2) is 6.07 Å². The first-order valence-electron chi connectivity index (χ1n) is 6.50. The van der Waals surface area contributed by atoms with E-state index >= 15 is 0 Å². The zero-order valence-electron chi connectivity index (χ0n) is 11.3. The molecule has 19 heavy (non-hydrogen) atoms. The van der Waals surface area contributed by atoms with Crippen molar-refractivity contribution in [3.05, 3.63) is 11.9 Å². The van der Waals surface area contributed by atoms with E-state index in [-0.39, 0.29) is 0 Å². The van der Waals surface area contributed by atoms with Gasteiger partial charge in [-0.15, -0.1) is 0 Å². The molecule has 7 heteroatoms. The van der Waals surface area contributed by atoms with Gasteiger partial charge in [-0.3, -0.25) is 4.90 Å². The normalized spacial score (nSPS) is 15.7. The van der Waals surface area contributed by atoms with Crippen molar-refractivity contribution in [3.8, 4) is 5.88 Å². The van der Waals surface area contributed by atoms with Gasteiger partial charge >= 0.3 is 0 Å². The molecule has 0 aromatic carbocycles. The summed E-state index contributed by atoms with van der Waals surface area (Å²) in [5.74, 6) is 6.97.